The number of hydrogen-bond donors (Lipinski definition) is 0. The molecule has 9 rings (SSSR count). The lowest BCUT2D eigenvalue weighted by molar-refractivity contribution is 0.669. The number of fused-ring (bicyclic) bond motifs is 9. The van der Waals surface area contributed by atoms with E-state index in [0.29, 0.717) is 18.0 Å². The molecule has 1 fully saturated rings. The van der Waals surface area contributed by atoms with Gasteiger partial charge in [-0.1, -0.05) is 78.9 Å². The molecule has 3 heterocycles. The molecule has 3 aliphatic rings. The molecule has 0 saturated carbocycles. The number of halogens is 1. The van der Waals surface area contributed by atoms with Crippen molar-refractivity contribution in [1.82, 2.24) is 7.35 Å². The van der Waals surface area contributed by atoms with Crippen molar-refractivity contribution in [2.75, 3.05) is 4.90 Å². The van der Waals surface area contributed by atoms with Gasteiger partial charge < -0.3 is 9.47 Å². The van der Waals surface area contributed by atoms with Gasteiger partial charge in [-0.3, -0.25) is 2.78 Å². The van der Waals surface area contributed by atoms with E-state index in [-0.39, 0.29) is 0 Å². The second kappa shape index (κ2) is 8.48. The van der Waals surface area contributed by atoms with Crippen LogP contribution in [0.4, 0.5) is 5.69 Å². The van der Waals surface area contributed by atoms with E-state index in [2.05, 4.69) is 163 Å². The van der Waals surface area contributed by atoms with E-state index in [1.165, 1.54) is 60.9 Å². The second-order valence-electron chi connectivity index (χ2n) is 11.1. The molecule has 4 heteroatoms. The molecule has 0 bridgehead atoms. The highest BCUT2D eigenvalue weighted by atomic mass is 127. The van der Waals surface area contributed by atoms with Crippen molar-refractivity contribution in [3.63, 3.8) is 0 Å². The first-order valence-electron chi connectivity index (χ1n) is 14.0. The van der Waals surface area contributed by atoms with Crippen LogP contribution in [0.5, 0.6) is 0 Å². The smallest absolute Gasteiger partial charge is 0.0646 e. The highest BCUT2D eigenvalue weighted by molar-refractivity contribution is 14.1. The largest absolute Gasteiger partial charge is 0.357 e. The van der Waals surface area contributed by atoms with Crippen molar-refractivity contribution in [2.24, 2.45) is 5.92 Å². The number of para-hydroxylation sites is 3. The number of allylic oxidation sites excluding steroid dienone is 2. The molecular formula is C36H26IN3. The minimum atomic E-state index is 0.343. The Kier molecular flexibility index (Phi) is 4.83. The maximum atomic E-state index is 2.66. The molecule has 0 spiro atoms. The summed E-state index contributed by atoms with van der Waals surface area (Å²) in [5.41, 5.74) is 10.7. The molecule has 0 radical (unpaired) electrons. The molecule has 1 saturated heterocycles. The average molecular weight is 628 g/mol. The summed E-state index contributed by atoms with van der Waals surface area (Å²) in [6.07, 6.45) is 12.8. The summed E-state index contributed by atoms with van der Waals surface area (Å²) >= 11 is 2.53. The Bertz CT molecular complexity index is 2060. The van der Waals surface area contributed by atoms with Gasteiger partial charge in [-0.05, 0) is 66.1 Å². The Morgan fingerprint density at radius 1 is 0.650 bits per heavy atom. The first kappa shape index (κ1) is 22.8. The van der Waals surface area contributed by atoms with Crippen LogP contribution in [-0.2, 0) is 6.42 Å². The summed E-state index contributed by atoms with van der Waals surface area (Å²) in [6, 6.07) is 36.1. The van der Waals surface area contributed by atoms with Gasteiger partial charge in [0.2, 0.25) is 0 Å². The van der Waals surface area contributed by atoms with Crippen LogP contribution in [0.2, 0.25) is 0 Å². The molecule has 2 aromatic heterocycles. The number of aromatic nitrogens is 2. The molecule has 192 valence electrons. The molecule has 3 nitrogen and oxygen atoms in total. The number of hydrogen-bond acceptors (Lipinski definition) is 1. The summed E-state index contributed by atoms with van der Waals surface area (Å²) in [6.45, 7) is 0. The van der Waals surface area contributed by atoms with E-state index in [1.54, 1.807) is 0 Å². The predicted molar refractivity (Wildman–Crippen MR) is 176 cm³/mol. The lowest BCUT2D eigenvalue weighted by Crippen LogP contribution is -2.38. The molecule has 4 aromatic carbocycles. The van der Waals surface area contributed by atoms with E-state index in [9.17, 15) is 0 Å². The minimum Gasteiger partial charge on any atom is -0.357 e. The molecule has 0 amide bonds. The van der Waals surface area contributed by atoms with Gasteiger partial charge in [0, 0.05) is 33.5 Å². The van der Waals surface area contributed by atoms with Crippen molar-refractivity contribution in [1.29, 1.82) is 0 Å². The molecule has 2 aliphatic carbocycles. The summed E-state index contributed by atoms with van der Waals surface area (Å²) in [7, 11) is 0. The second-order valence-corrected chi connectivity index (χ2v) is 12.1. The quantitative estimate of drug-likeness (QED) is 0.175. The summed E-state index contributed by atoms with van der Waals surface area (Å²) in [5, 5.41) is 3.96. The third kappa shape index (κ3) is 3.05. The molecule has 40 heavy (non-hydrogen) atoms. The van der Waals surface area contributed by atoms with Crippen LogP contribution >= 0.6 is 22.9 Å². The molecule has 0 N–H and O–H groups in total. The van der Waals surface area contributed by atoms with E-state index < -0.39 is 0 Å². The lowest BCUT2D eigenvalue weighted by atomic mass is 9.84. The maximum Gasteiger partial charge on any atom is 0.0646 e. The van der Waals surface area contributed by atoms with Gasteiger partial charge in [-0.25, -0.2) is 0 Å². The zero-order chi connectivity index (χ0) is 26.4. The Morgan fingerprint density at radius 3 is 2.17 bits per heavy atom. The fourth-order valence-electron chi connectivity index (χ4n) is 7.48. The molecule has 6 aromatic rings. The normalized spacial score (nSPS) is 21.2. The van der Waals surface area contributed by atoms with E-state index in [0.717, 1.165) is 6.42 Å². The van der Waals surface area contributed by atoms with Gasteiger partial charge in [0.1, 0.15) is 0 Å². The third-order valence-corrected chi connectivity index (χ3v) is 10.2. The monoisotopic (exact) mass is 627 g/mol. The summed E-state index contributed by atoms with van der Waals surface area (Å²) in [4.78, 5) is 2.66. The van der Waals surface area contributed by atoms with Gasteiger partial charge in [0.15, 0.2) is 0 Å². The predicted octanol–water partition coefficient (Wildman–Crippen LogP) is 8.88. The van der Waals surface area contributed by atoms with Crippen molar-refractivity contribution >= 4 is 67.3 Å². The van der Waals surface area contributed by atoms with E-state index in [1.807, 2.05) is 0 Å². The first-order chi connectivity index (χ1) is 19.8. The van der Waals surface area contributed by atoms with Crippen molar-refractivity contribution < 1.29 is 0 Å². The molecule has 3 atom stereocenters. The zero-order valence-electron chi connectivity index (χ0n) is 21.8. The average Bonchev–Trinajstić information content (AvgIpc) is 3.61. The van der Waals surface area contributed by atoms with Crippen LogP contribution in [0, 0.1) is 5.92 Å². The first-order valence-corrected chi connectivity index (χ1v) is 15.0. The van der Waals surface area contributed by atoms with Crippen molar-refractivity contribution in [3.05, 3.63) is 138 Å². The number of anilines is 1. The number of rotatable bonds is 2. The summed E-state index contributed by atoms with van der Waals surface area (Å²) < 4.78 is 4.84. The molecular weight excluding hydrogens is 601 g/mol. The Balaban J connectivity index is 1.30. The van der Waals surface area contributed by atoms with Crippen molar-refractivity contribution in [3.8, 4) is 5.69 Å². The van der Waals surface area contributed by atoms with Gasteiger partial charge in [-0.2, -0.15) is 0 Å². The topological polar surface area (TPSA) is 13.1 Å². The van der Waals surface area contributed by atoms with Crippen LogP contribution in [0.1, 0.15) is 11.3 Å². The van der Waals surface area contributed by atoms with Gasteiger partial charge in [0.05, 0.1) is 57.2 Å². The standard InChI is InChI=1S/C36H26IN3/c37-40-35-21-27-25-15-7-9-17-31(25)38(23-11-3-1-4-12-23)33(27)19-29(35)30-20-34-28(22-36(30)40)26-16-8-10-18-32(26)39(34)24-13-5-2-6-14-24/h1-19,21-22,26,32,34H,20H2. The number of nitrogens with zero attached hydrogens (tertiary/aromatic N) is 3. The minimum absolute atomic E-state index is 0.343. The fraction of sp³-hybridized carbons (Fsp3) is 0.111. The highest BCUT2D eigenvalue weighted by Gasteiger charge is 2.45. The van der Waals surface area contributed by atoms with Crippen LogP contribution < -0.4 is 4.90 Å². The van der Waals surface area contributed by atoms with E-state index in [4.69, 9.17) is 0 Å². The SMILES string of the molecule is In1c2c(c3cc4c(cc31)c1ccccc1n4-c1ccccc1)CC1C(=C2)C2C=CC=CC2N1c1ccccc1. The third-order valence-electron chi connectivity index (χ3n) is 9.15. The molecule has 3 unspecified atom stereocenters. The van der Waals surface area contributed by atoms with Crippen LogP contribution in [0.3, 0.4) is 0 Å². The van der Waals surface area contributed by atoms with Gasteiger partial charge in [-0.15, -0.1) is 0 Å². The van der Waals surface area contributed by atoms with E-state index >= 15 is 0 Å². The Morgan fingerprint density at radius 2 is 1.35 bits per heavy atom. The van der Waals surface area contributed by atoms with Gasteiger partial charge in [0.25, 0.3) is 0 Å². The van der Waals surface area contributed by atoms with Gasteiger partial charge >= 0.3 is 0 Å². The zero-order valence-corrected chi connectivity index (χ0v) is 23.9. The maximum absolute atomic E-state index is 2.66. The lowest BCUT2D eigenvalue weighted by Gasteiger charge is -2.33. The fourth-order valence-corrected chi connectivity index (χ4v) is 8.31. The summed E-state index contributed by atoms with van der Waals surface area (Å²) in [5.74, 6) is 0.406. The Hall–Kier alpha value is -4.03. The Labute approximate surface area is 246 Å². The van der Waals surface area contributed by atoms with Crippen LogP contribution in [-0.4, -0.2) is 19.4 Å². The molecule has 1 aliphatic heterocycles. The van der Waals surface area contributed by atoms with Crippen LogP contribution in [0.15, 0.2) is 127 Å². The van der Waals surface area contributed by atoms with Crippen LogP contribution in [0.25, 0.3) is 44.5 Å². The number of benzene rings is 4. The van der Waals surface area contributed by atoms with Crippen molar-refractivity contribution in [2.45, 2.75) is 18.5 Å². The highest BCUT2D eigenvalue weighted by Crippen LogP contribution is 2.48.